The Labute approximate surface area is 122 Å². The first kappa shape index (κ1) is 14.6. The van der Waals surface area contributed by atoms with Gasteiger partial charge in [-0.3, -0.25) is 0 Å². The molecule has 2 rings (SSSR count). The second-order valence-corrected chi connectivity index (χ2v) is 4.68. The molecule has 2 aromatic rings. The van der Waals surface area contributed by atoms with Crippen molar-refractivity contribution >= 4 is 17.3 Å². The summed E-state index contributed by atoms with van der Waals surface area (Å²) in [5, 5.41) is 12.9. The molecule has 0 spiro atoms. The van der Waals surface area contributed by atoms with Crippen LogP contribution in [0.4, 0.5) is 10.1 Å². The summed E-state index contributed by atoms with van der Waals surface area (Å²) in [6, 6.07) is 11.0. The number of aliphatic hydroxyl groups excluding tert-OH is 1. The molecule has 0 bridgehead atoms. The zero-order valence-electron chi connectivity index (χ0n) is 10.9. The van der Waals surface area contributed by atoms with E-state index in [1.165, 1.54) is 12.1 Å². The smallest absolute Gasteiger partial charge is 0.124 e. The first-order valence-corrected chi connectivity index (χ1v) is 6.48. The number of aliphatic hydroxyl groups is 1. The van der Waals surface area contributed by atoms with Gasteiger partial charge in [-0.05, 0) is 42.0 Å². The molecule has 1 unspecified atom stereocenters. The van der Waals surface area contributed by atoms with Crippen LogP contribution in [0.15, 0.2) is 42.5 Å². The Morgan fingerprint density at radius 1 is 1.25 bits per heavy atom. The van der Waals surface area contributed by atoms with E-state index in [4.69, 9.17) is 16.3 Å². The molecular weight excluding hydrogens is 281 g/mol. The number of methoxy groups -OCH3 is 1. The van der Waals surface area contributed by atoms with Gasteiger partial charge >= 0.3 is 0 Å². The molecule has 0 amide bonds. The predicted octanol–water partition coefficient (Wildman–Crippen LogP) is 3.63. The lowest BCUT2D eigenvalue weighted by molar-refractivity contribution is 0.276. The Morgan fingerprint density at radius 2 is 1.95 bits per heavy atom. The monoisotopic (exact) mass is 295 g/mol. The summed E-state index contributed by atoms with van der Waals surface area (Å²) in [5.41, 5.74) is 1.46. The maximum Gasteiger partial charge on any atom is 0.124 e. The normalized spacial score (nSPS) is 12.0. The van der Waals surface area contributed by atoms with Gasteiger partial charge in [0.2, 0.25) is 0 Å². The molecule has 0 aliphatic carbocycles. The molecule has 3 nitrogen and oxygen atoms in total. The number of hydrogen-bond acceptors (Lipinski definition) is 3. The number of hydrogen-bond donors (Lipinski definition) is 2. The van der Waals surface area contributed by atoms with Crippen molar-refractivity contribution in [3.63, 3.8) is 0 Å². The van der Waals surface area contributed by atoms with Crippen molar-refractivity contribution in [3.8, 4) is 5.75 Å². The van der Waals surface area contributed by atoms with E-state index in [0.29, 0.717) is 5.56 Å². The Kier molecular flexibility index (Phi) is 4.82. The SMILES string of the molecule is COc1ccc(NC(CO)c2ccc(F)cc2Cl)cc1. The van der Waals surface area contributed by atoms with Crippen molar-refractivity contribution in [3.05, 3.63) is 58.9 Å². The zero-order valence-corrected chi connectivity index (χ0v) is 11.7. The van der Waals surface area contributed by atoms with Gasteiger partial charge in [0.05, 0.1) is 19.8 Å². The van der Waals surface area contributed by atoms with Crippen LogP contribution in [0.1, 0.15) is 11.6 Å². The van der Waals surface area contributed by atoms with E-state index < -0.39 is 11.9 Å². The zero-order chi connectivity index (χ0) is 14.5. The van der Waals surface area contributed by atoms with Crippen LogP contribution >= 0.6 is 11.6 Å². The van der Waals surface area contributed by atoms with E-state index >= 15 is 0 Å². The third kappa shape index (κ3) is 3.40. The number of ether oxygens (including phenoxy) is 1. The van der Waals surface area contributed by atoms with Gasteiger partial charge in [-0.15, -0.1) is 0 Å². The number of benzene rings is 2. The molecule has 0 aliphatic heterocycles. The molecule has 0 saturated carbocycles. The second-order valence-electron chi connectivity index (χ2n) is 4.27. The number of halogens is 2. The highest BCUT2D eigenvalue weighted by molar-refractivity contribution is 6.31. The number of rotatable bonds is 5. The topological polar surface area (TPSA) is 41.5 Å². The Balaban J connectivity index is 2.19. The minimum absolute atomic E-state index is 0.155. The molecule has 0 radical (unpaired) electrons. The molecule has 0 aliphatic rings. The fourth-order valence-corrected chi connectivity index (χ4v) is 2.19. The van der Waals surface area contributed by atoms with Crippen LogP contribution in [0.2, 0.25) is 5.02 Å². The van der Waals surface area contributed by atoms with Crippen LogP contribution in [0.3, 0.4) is 0 Å². The summed E-state index contributed by atoms with van der Waals surface area (Å²) in [4.78, 5) is 0. The number of anilines is 1. The predicted molar refractivity (Wildman–Crippen MR) is 77.9 cm³/mol. The lowest BCUT2D eigenvalue weighted by atomic mass is 10.1. The number of nitrogens with one attached hydrogen (secondary N) is 1. The molecule has 1 atom stereocenters. The Morgan fingerprint density at radius 3 is 2.50 bits per heavy atom. The van der Waals surface area contributed by atoms with Crippen LogP contribution in [0.5, 0.6) is 5.75 Å². The van der Waals surface area contributed by atoms with Crippen LogP contribution in [0, 0.1) is 5.82 Å². The summed E-state index contributed by atoms with van der Waals surface area (Å²) < 4.78 is 18.1. The van der Waals surface area contributed by atoms with Gasteiger partial charge in [0, 0.05) is 10.7 Å². The minimum Gasteiger partial charge on any atom is -0.497 e. The van der Waals surface area contributed by atoms with Gasteiger partial charge in [0.15, 0.2) is 0 Å². The molecule has 106 valence electrons. The molecule has 0 heterocycles. The van der Waals surface area contributed by atoms with Crippen LogP contribution < -0.4 is 10.1 Å². The molecule has 20 heavy (non-hydrogen) atoms. The summed E-state index contributed by atoms with van der Waals surface area (Å²) in [6.07, 6.45) is 0. The molecule has 5 heteroatoms. The third-order valence-electron chi connectivity index (χ3n) is 2.95. The van der Waals surface area contributed by atoms with E-state index in [2.05, 4.69) is 5.32 Å². The fourth-order valence-electron chi connectivity index (χ4n) is 1.89. The van der Waals surface area contributed by atoms with Crippen molar-refractivity contribution in [1.29, 1.82) is 0 Å². The third-order valence-corrected chi connectivity index (χ3v) is 3.28. The van der Waals surface area contributed by atoms with E-state index in [-0.39, 0.29) is 11.6 Å². The fraction of sp³-hybridized carbons (Fsp3) is 0.200. The molecule has 2 aromatic carbocycles. The van der Waals surface area contributed by atoms with Gasteiger partial charge in [-0.2, -0.15) is 0 Å². The Bertz CT molecular complexity index is 575. The summed E-state index contributed by atoms with van der Waals surface area (Å²) in [6.45, 7) is -0.155. The maximum atomic E-state index is 13.0. The van der Waals surface area contributed by atoms with Gasteiger partial charge in [0.25, 0.3) is 0 Å². The average molecular weight is 296 g/mol. The van der Waals surface area contributed by atoms with Crippen molar-refractivity contribution in [2.45, 2.75) is 6.04 Å². The quantitative estimate of drug-likeness (QED) is 0.885. The van der Waals surface area contributed by atoms with Crippen LogP contribution in [-0.2, 0) is 0 Å². The first-order valence-electron chi connectivity index (χ1n) is 6.10. The van der Waals surface area contributed by atoms with Crippen LogP contribution in [0.25, 0.3) is 0 Å². The Hall–Kier alpha value is -1.78. The van der Waals surface area contributed by atoms with E-state index in [0.717, 1.165) is 11.4 Å². The van der Waals surface area contributed by atoms with Gasteiger partial charge in [0.1, 0.15) is 11.6 Å². The highest BCUT2D eigenvalue weighted by atomic mass is 35.5. The summed E-state index contributed by atoms with van der Waals surface area (Å²) >= 11 is 6.01. The molecule has 2 N–H and O–H groups in total. The van der Waals surface area contributed by atoms with Gasteiger partial charge in [-0.1, -0.05) is 17.7 Å². The van der Waals surface area contributed by atoms with E-state index in [1.54, 1.807) is 13.2 Å². The van der Waals surface area contributed by atoms with Gasteiger partial charge in [-0.25, -0.2) is 4.39 Å². The van der Waals surface area contributed by atoms with Crippen molar-refractivity contribution in [2.24, 2.45) is 0 Å². The largest absolute Gasteiger partial charge is 0.497 e. The van der Waals surface area contributed by atoms with Gasteiger partial charge < -0.3 is 15.2 Å². The molecular formula is C15H15ClFNO2. The molecule has 0 fully saturated rings. The standard InChI is InChI=1S/C15H15ClFNO2/c1-20-12-5-3-11(4-6-12)18-15(9-19)13-7-2-10(17)8-14(13)16/h2-8,15,18-19H,9H2,1H3. The average Bonchev–Trinajstić information content (AvgIpc) is 2.46. The summed E-state index contributed by atoms with van der Waals surface area (Å²) in [7, 11) is 1.59. The molecule has 0 saturated heterocycles. The molecule has 0 aromatic heterocycles. The first-order chi connectivity index (χ1) is 9.63. The van der Waals surface area contributed by atoms with Crippen LogP contribution in [-0.4, -0.2) is 18.8 Å². The lowest BCUT2D eigenvalue weighted by Gasteiger charge is -2.19. The second kappa shape index (κ2) is 6.59. The maximum absolute atomic E-state index is 13.0. The van der Waals surface area contributed by atoms with E-state index in [9.17, 15) is 9.50 Å². The lowest BCUT2D eigenvalue weighted by Crippen LogP contribution is -2.15. The van der Waals surface area contributed by atoms with Crippen molar-refractivity contribution in [2.75, 3.05) is 19.0 Å². The summed E-state index contributed by atoms with van der Waals surface area (Å²) in [5.74, 6) is 0.343. The van der Waals surface area contributed by atoms with E-state index in [1.807, 2.05) is 24.3 Å². The van der Waals surface area contributed by atoms with Crippen molar-refractivity contribution < 1.29 is 14.2 Å². The van der Waals surface area contributed by atoms with Crippen molar-refractivity contribution in [1.82, 2.24) is 0 Å². The minimum atomic E-state index is -0.406. The highest BCUT2D eigenvalue weighted by Crippen LogP contribution is 2.27. The highest BCUT2D eigenvalue weighted by Gasteiger charge is 2.14.